The standard InChI is InChI=1S/C20H22N6O/c1-15-5-2-3-6-16(15)13-26-9-10-27-18(14-26)17-11-21-12-19(24-17)25-20-22-7-4-8-23-20/h2-8,11-12,18H,9-10,13-14H2,1H3,(H,22,23,24,25). The molecule has 0 bridgehead atoms. The van der Waals surface area contributed by atoms with Gasteiger partial charge in [0.05, 0.1) is 24.7 Å². The molecule has 4 rings (SSSR count). The fourth-order valence-corrected chi connectivity index (χ4v) is 3.13. The topological polar surface area (TPSA) is 76.1 Å². The third-order valence-electron chi connectivity index (χ3n) is 4.59. The molecule has 0 radical (unpaired) electrons. The van der Waals surface area contributed by atoms with Crippen molar-refractivity contribution in [3.8, 4) is 0 Å². The van der Waals surface area contributed by atoms with Gasteiger partial charge in [-0.15, -0.1) is 0 Å². The Morgan fingerprint density at radius 2 is 2.00 bits per heavy atom. The minimum absolute atomic E-state index is 0.103. The zero-order valence-corrected chi connectivity index (χ0v) is 15.2. The summed E-state index contributed by atoms with van der Waals surface area (Å²) < 4.78 is 5.96. The second-order valence-electron chi connectivity index (χ2n) is 6.55. The molecule has 7 heteroatoms. The van der Waals surface area contributed by atoms with E-state index in [-0.39, 0.29) is 6.10 Å². The Kier molecular flexibility index (Phi) is 5.32. The van der Waals surface area contributed by atoms with Crippen molar-refractivity contribution in [3.63, 3.8) is 0 Å². The average Bonchev–Trinajstić information content (AvgIpc) is 2.71. The minimum Gasteiger partial charge on any atom is -0.369 e. The van der Waals surface area contributed by atoms with Crippen molar-refractivity contribution in [1.82, 2.24) is 24.8 Å². The predicted octanol–water partition coefficient (Wildman–Crippen LogP) is 2.89. The number of morpholine rings is 1. The number of hydrogen-bond donors (Lipinski definition) is 1. The summed E-state index contributed by atoms with van der Waals surface area (Å²) >= 11 is 0. The molecule has 1 atom stereocenters. The van der Waals surface area contributed by atoms with Crippen molar-refractivity contribution < 1.29 is 4.74 Å². The van der Waals surface area contributed by atoms with Crippen LogP contribution in [0.4, 0.5) is 11.8 Å². The molecule has 2 aromatic heterocycles. The number of anilines is 2. The molecule has 1 saturated heterocycles. The van der Waals surface area contributed by atoms with E-state index in [0.717, 1.165) is 25.3 Å². The number of nitrogens with zero attached hydrogens (tertiary/aromatic N) is 5. The largest absolute Gasteiger partial charge is 0.369 e. The molecule has 1 unspecified atom stereocenters. The fourth-order valence-electron chi connectivity index (χ4n) is 3.13. The molecule has 1 N–H and O–H groups in total. The number of benzene rings is 1. The SMILES string of the molecule is Cc1ccccc1CN1CCOC(c2cncc(Nc3ncccn3)n2)C1. The second kappa shape index (κ2) is 8.20. The summed E-state index contributed by atoms with van der Waals surface area (Å²) in [6, 6.07) is 10.3. The van der Waals surface area contributed by atoms with E-state index in [9.17, 15) is 0 Å². The first-order valence-electron chi connectivity index (χ1n) is 9.02. The molecule has 0 saturated carbocycles. The zero-order valence-electron chi connectivity index (χ0n) is 15.2. The average molecular weight is 362 g/mol. The Bertz CT molecular complexity index is 888. The van der Waals surface area contributed by atoms with E-state index in [0.29, 0.717) is 18.4 Å². The Balaban J connectivity index is 1.45. The number of ether oxygens (including phenoxy) is 1. The van der Waals surface area contributed by atoms with E-state index < -0.39 is 0 Å². The van der Waals surface area contributed by atoms with E-state index in [1.54, 1.807) is 30.9 Å². The highest BCUT2D eigenvalue weighted by atomic mass is 16.5. The Hall–Kier alpha value is -2.90. The van der Waals surface area contributed by atoms with Gasteiger partial charge in [-0.05, 0) is 24.1 Å². The lowest BCUT2D eigenvalue weighted by Gasteiger charge is -2.32. The van der Waals surface area contributed by atoms with E-state index in [1.165, 1.54) is 11.1 Å². The summed E-state index contributed by atoms with van der Waals surface area (Å²) in [5.41, 5.74) is 3.47. The van der Waals surface area contributed by atoms with Crippen LogP contribution in [0.25, 0.3) is 0 Å². The highest BCUT2D eigenvalue weighted by molar-refractivity contribution is 5.45. The van der Waals surface area contributed by atoms with Crippen LogP contribution in [0.15, 0.2) is 55.1 Å². The molecule has 1 aromatic carbocycles. The monoisotopic (exact) mass is 362 g/mol. The van der Waals surface area contributed by atoms with E-state index in [1.807, 2.05) is 0 Å². The molecule has 3 aromatic rings. The Morgan fingerprint density at radius 1 is 1.15 bits per heavy atom. The molecule has 0 spiro atoms. The van der Waals surface area contributed by atoms with Crippen molar-refractivity contribution in [1.29, 1.82) is 0 Å². The lowest BCUT2D eigenvalue weighted by Crippen LogP contribution is -2.38. The van der Waals surface area contributed by atoms with Crippen LogP contribution in [0.2, 0.25) is 0 Å². The molecule has 7 nitrogen and oxygen atoms in total. The summed E-state index contributed by atoms with van der Waals surface area (Å²) in [6.07, 6.45) is 6.68. The number of rotatable bonds is 5. The molecule has 0 amide bonds. The van der Waals surface area contributed by atoms with Gasteiger partial charge in [-0.2, -0.15) is 0 Å². The van der Waals surface area contributed by atoms with Crippen LogP contribution in [0.5, 0.6) is 0 Å². The highest BCUT2D eigenvalue weighted by Crippen LogP contribution is 2.23. The third-order valence-corrected chi connectivity index (χ3v) is 4.59. The fraction of sp³-hybridized carbons (Fsp3) is 0.300. The normalized spacial score (nSPS) is 17.6. The van der Waals surface area contributed by atoms with Crippen LogP contribution in [0.3, 0.4) is 0 Å². The first kappa shape index (κ1) is 17.5. The van der Waals surface area contributed by atoms with Crippen LogP contribution in [-0.2, 0) is 11.3 Å². The first-order valence-corrected chi connectivity index (χ1v) is 9.02. The smallest absolute Gasteiger partial charge is 0.228 e. The highest BCUT2D eigenvalue weighted by Gasteiger charge is 2.24. The maximum absolute atomic E-state index is 5.96. The maximum atomic E-state index is 5.96. The molecule has 3 heterocycles. The number of hydrogen-bond acceptors (Lipinski definition) is 7. The van der Waals surface area contributed by atoms with E-state index in [2.05, 4.69) is 61.3 Å². The molecule has 1 fully saturated rings. The third kappa shape index (κ3) is 4.45. The van der Waals surface area contributed by atoms with Crippen molar-refractivity contribution in [2.75, 3.05) is 25.0 Å². The lowest BCUT2D eigenvalue weighted by molar-refractivity contribution is -0.0351. The predicted molar refractivity (Wildman–Crippen MR) is 102 cm³/mol. The van der Waals surface area contributed by atoms with Crippen LogP contribution in [0.1, 0.15) is 22.9 Å². The minimum atomic E-state index is -0.103. The Labute approximate surface area is 158 Å². The second-order valence-corrected chi connectivity index (χ2v) is 6.55. The molecule has 138 valence electrons. The van der Waals surface area contributed by atoms with Crippen LogP contribution in [-0.4, -0.2) is 44.5 Å². The van der Waals surface area contributed by atoms with Crippen molar-refractivity contribution >= 4 is 11.8 Å². The van der Waals surface area contributed by atoms with Crippen LogP contribution in [0, 0.1) is 6.92 Å². The van der Waals surface area contributed by atoms with Crippen LogP contribution >= 0.6 is 0 Å². The van der Waals surface area contributed by atoms with Gasteiger partial charge in [0.25, 0.3) is 0 Å². The lowest BCUT2D eigenvalue weighted by atomic mass is 10.1. The summed E-state index contributed by atoms with van der Waals surface area (Å²) in [5.74, 6) is 1.10. The van der Waals surface area contributed by atoms with Gasteiger partial charge in [0.15, 0.2) is 5.82 Å². The summed E-state index contributed by atoms with van der Waals surface area (Å²) in [5, 5.41) is 3.08. The number of aromatic nitrogens is 4. The van der Waals surface area contributed by atoms with Crippen LogP contribution < -0.4 is 5.32 Å². The van der Waals surface area contributed by atoms with Gasteiger partial charge < -0.3 is 10.1 Å². The number of nitrogens with one attached hydrogen (secondary N) is 1. The molecule has 1 aliphatic heterocycles. The summed E-state index contributed by atoms with van der Waals surface area (Å²) in [4.78, 5) is 19.7. The van der Waals surface area contributed by atoms with Crippen molar-refractivity contribution in [2.24, 2.45) is 0 Å². The molecule has 1 aliphatic rings. The van der Waals surface area contributed by atoms with Gasteiger partial charge in [0.2, 0.25) is 5.95 Å². The quantitative estimate of drug-likeness (QED) is 0.748. The van der Waals surface area contributed by atoms with Gasteiger partial charge >= 0.3 is 0 Å². The molecular formula is C20H22N6O. The Morgan fingerprint density at radius 3 is 2.85 bits per heavy atom. The van der Waals surface area contributed by atoms with E-state index >= 15 is 0 Å². The first-order chi connectivity index (χ1) is 13.3. The molecule has 27 heavy (non-hydrogen) atoms. The van der Waals surface area contributed by atoms with Gasteiger partial charge in [-0.3, -0.25) is 9.88 Å². The molecular weight excluding hydrogens is 340 g/mol. The number of aryl methyl sites for hydroxylation is 1. The summed E-state index contributed by atoms with van der Waals surface area (Å²) in [7, 11) is 0. The van der Waals surface area contributed by atoms with Gasteiger partial charge in [-0.1, -0.05) is 24.3 Å². The van der Waals surface area contributed by atoms with Gasteiger partial charge in [0, 0.05) is 32.0 Å². The zero-order chi connectivity index (χ0) is 18.5. The van der Waals surface area contributed by atoms with Gasteiger partial charge in [-0.25, -0.2) is 15.0 Å². The van der Waals surface area contributed by atoms with Crippen molar-refractivity contribution in [3.05, 3.63) is 71.9 Å². The van der Waals surface area contributed by atoms with Crippen molar-refractivity contribution in [2.45, 2.75) is 19.6 Å². The molecule has 0 aliphatic carbocycles. The van der Waals surface area contributed by atoms with Gasteiger partial charge in [0.1, 0.15) is 6.10 Å². The summed E-state index contributed by atoms with van der Waals surface area (Å²) in [6.45, 7) is 5.44. The van der Waals surface area contributed by atoms with E-state index in [4.69, 9.17) is 4.74 Å². The maximum Gasteiger partial charge on any atom is 0.228 e.